The van der Waals surface area contributed by atoms with Crippen LogP contribution < -0.4 is 0 Å². The standard InChI is InChI=1S/C17H23NO3/c1-12-8-10-13(11-9-12)14-6-5-7-15(14)18(20)16(19)21-17(2,3)4/h5-6,8-11,14-15,20H,7H2,1-4H3/t14-,15+/m1/s1. The molecule has 0 aromatic heterocycles. The highest BCUT2D eigenvalue weighted by Gasteiger charge is 2.34. The Hall–Kier alpha value is -1.81. The monoisotopic (exact) mass is 289 g/mol. The van der Waals surface area contributed by atoms with Gasteiger partial charge in [0, 0.05) is 5.92 Å². The fourth-order valence-corrected chi connectivity index (χ4v) is 2.46. The van der Waals surface area contributed by atoms with E-state index in [0.717, 1.165) is 10.6 Å². The lowest BCUT2D eigenvalue weighted by atomic mass is 9.93. The Labute approximate surface area is 126 Å². The lowest BCUT2D eigenvalue weighted by molar-refractivity contribution is -0.120. The minimum absolute atomic E-state index is 0.0110. The van der Waals surface area contributed by atoms with Gasteiger partial charge in [0.15, 0.2) is 0 Å². The van der Waals surface area contributed by atoms with Crippen LogP contribution in [-0.2, 0) is 4.74 Å². The predicted octanol–water partition coefficient (Wildman–Crippen LogP) is 4.03. The summed E-state index contributed by atoms with van der Waals surface area (Å²) in [5.41, 5.74) is 1.65. The quantitative estimate of drug-likeness (QED) is 0.508. The third kappa shape index (κ3) is 3.85. The number of rotatable bonds is 2. The van der Waals surface area contributed by atoms with Crippen molar-refractivity contribution in [1.82, 2.24) is 5.06 Å². The summed E-state index contributed by atoms with van der Waals surface area (Å²) in [6.45, 7) is 7.38. The smallest absolute Gasteiger partial charge is 0.434 e. The third-order valence-electron chi connectivity index (χ3n) is 3.49. The summed E-state index contributed by atoms with van der Waals surface area (Å²) in [6, 6.07) is 7.82. The lowest BCUT2D eigenvalue weighted by Gasteiger charge is -2.30. The predicted molar refractivity (Wildman–Crippen MR) is 81.3 cm³/mol. The Bertz CT molecular complexity index is 528. The van der Waals surface area contributed by atoms with E-state index in [0.29, 0.717) is 6.42 Å². The van der Waals surface area contributed by atoms with E-state index >= 15 is 0 Å². The first-order valence-corrected chi connectivity index (χ1v) is 7.22. The van der Waals surface area contributed by atoms with E-state index in [1.54, 1.807) is 20.8 Å². The van der Waals surface area contributed by atoms with Crippen molar-refractivity contribution in [3.8, 4) is 0 Å². The topological polar surface area (TPSA) is 49.8 Å². The normalized spacial score (nSPS) is 21.4. The van der Waals surface area contributed by atoms with Gasteiger partial charge in [0.05, 0.1) is 6.04 Å². The molecule has 1 aliphatic rings. The maximum Gasteiger partial charge on any atom is 0.434 e. The zero-order chi connectivity index (χ0) is 15.6. The molecule has 1 aromatic carbocycles. The first-order chi connectivity index (χ1) is 9.78. The molecule has 0 bridgehead atoms. The number of ether oxygens (including phenoxy) is 1. The molecule has 2 atom stereocenters. The van der Waals surface area contributed by atoms with Crippen molar-refractivity contribution < 1.29 is 14.7 Å². The molecular formula is C17H23NO3. The molecule has 0 radical (unpaired) electrons. The summed E-state index contributed by atoms with van der Waals surface area (Å²) in [4.78, 5) is 12.0. The fraction of sp³-hybridized carbons (Fsp3) is 0.471. The average molecular weight is 289 g/mol. The number of benzene rings is 1. The minimum atomic E-state index is -0.701. The van der Waals surface area contributed by atoms with Crippen LogP contribution in [0, 0.1) is 6.92 Å². The molecule has 4 nitrogen and oxygen atoms in total. The van der Waals surface area contributed by atoms with Crippen molar-refractivity contribution in [3.05, 3.63) is 47.5 Å². The van der Waals surface area contributed by atoms with Gasteiger partial charge in [0.1, 0.15) is 5.60 Å². The highest BCUT2D eigenvalue weighted by Crippen LogP contribution is 2.32. The van der Waals surface area contributed by atoms with Crippen molar-refractivity contribution in [2.24, 2.45) is 0 Å². The van der Waals surface area contributed by atoms with Crippen LogP contribution in [0.4, 0.5) is 4.79 Å². The molecule has 0 unspecified atom stereocenters. The summed E-state index contributed by atoms with van der Waals surface area (Å²) in [7, 11) is 0. The molecule has 0 saturated heterocycles. The number of hydrogen-bond donors (Lipinski definition) is 1. The van der Waals surface area contributed by atoms with Gasteiger partial charge in [-0.3, -0.25) is 5.21 Å². The van der Waals surface area contributed by atoms with Crippen molar-refractivity contribution in [3.63, 3.8) is 0 Å². The minimum Gasteiger partial charge on any atom is -0.442 e. The van der Waals surface area contributed by atoms with Crippen LogP contribution >= 0.6 is 0 Å². The van der Waals surface area contributed by atoms with Crippen LogP contribution in [0.5, 0.6) is 0 Å². The Kier molecular flexibility index (Phi) is 4.37. The van der Waals surface area contributed by atoms with E-state index in [9.17, 15) is 10.0 Å². The molecule has 0 aliphatic heterocycles. The molecule has 114 valence electrons. The molecule has 0 fully saturated rings. The van der Waals surface area contributed by atoms with Crippen molar-refractivity contribution in [2.75, 3.05) is 0 Å². The largest absolute Gasteiger partial charge is 0.442 e. The number of aryl methyl sites for hydroxylation is 1. The van der Waals surface area contributed by atoms with Gasteiger partial charge in [-0.1, -0.05) is 42.0 Å². The number of carbonyl (C=O) groups is 1. The number of carbonyl (C=O) groups excluding carboxylic acids is 1. The Balaban J connectivity index is 2.12. The van der Waals surface area contributed by atoms with Gasteiger partial charge in [0.25, 0.3) is 0 Å². The summed E-state index contributed by atoms with van der Waals surface area (Å²) >= 11 is 0. The summed E-state index contributed by atoms with van der Waals surface area (Å²) in [5, 5.41) is 10.9. The molecule has 1 N–H and O–H groups in total. The van der Waals surface area contributed by atoms with Crippen molar-refractivity contribution in [1.29, 1.82) is 0 Å². The first kappa shape index (κ1) is 15.6. The zero-order valence-electron chi connectivity index (χ0n) is 13.0. The van der Waals surface area contributed by atoms with E-state index in [2.05, 4.69) is 0 Å². The van der Waals surface area contributed by atoms with Gasteiger partial charge >= 0.3 is 6.09 Å². The highest BCUT2D eigenvalue weighted by atomic mass is 16.6. The SMILES string of the molecule is Cc1ccc([C@H]2C=CC[C@@H]2N(O)C(=O)OC(C)(C)C)cc1. The van der Waals surface area contributed by atoms with E-state index < -0.39 is 11.7 Å². The molecule has 1 amide bonds. The van der Waals surface area contributed by atoms with Crippen molar-refractivity contribution in [2.45, 2.75) is 51.7 Å². The third-order valence-corrected chi connectivity index (χ3v) is 3.49. The van der Waals surface area contributed by atoms with Gasteiger partial charge in [0.2, 0.25) is 0 Å². The van der Waals surface area contributed by atoms with Crippen LogP contribution in [-0.4, -0.2) is 28.0 Å². The van der Waals surface area contributed by atoms with E-state index in [1.165, 1.54) is 5.56 Å². The van der Waals surface area contributed by atoms with Gasteiger partial charge in [-0.25, -0.2) is 4.79 Å². The first-order valence-electron chi connectivity index (χ1n) is 7.22. The Morgan fingerprint density at radius 2 is 1.90 bits per heavy atom. The summed E-state index contributed by atoms with van der Waals surface area (Å²) in [6.07, 6.45) is 3.94. The Morgan fingerprint density at radius 3 is 2.48 bits per heavy atom. The maximum absolute atomic E-state index is 12.0. The maximum atomic E-state index is 12.0. The lowest BCUT2D eigenvalue weighted by Crippen LogP contribution is -2.42. The average Bonchev–Trinajstić information content (AvgIpc) is 2.85. The fourth-order valence-electron chi connectivity index (χ4n) is 2.46. The second-order valence-corrected chi connectivity index (χ2v) is 6.49. The second-order valence-electron chi connectivity index (χ2n) is 6.49. The summed E-state index contributed by atoms with van der Waals surface area (Å²) in [5.74, 6) is -0.0110. The molecular weight excluding hydrogens is 266 g/mol. The van der Waals surface area contributed by atoms with Crippen LogP contribution in [0.3, 0.4) is 0 Å². The molecule has 1 aromatic rings. The molecule has 0 spiro atoms. The van der Waals surface area contributed by atoms with E-state index in [1.807, 2.05) is 43.3 Å². The van der Waals surface area contributed by atoms with Crippen LogP contribution in [0.1, 0.15) is 44.2 Å². The number of nitrogens with zero attached hydrogens (tertiary/aromatic N) is 1. The van der Waals surface area contributed by atoms with Gasteiger partial charge in [-0.15, -0.1) is 0 Å². The highest BCUT2D eigenvalue weighted by molar-refractivity contribution is 5.67. The van der Waals surface area contributed by atoms with Crippen molar-refractivity contribution >= 4 is 6.09 Å². The van der Waals surface area contributed by atoms with E-state index in [4.69, 9.17) is 4.74 Å². The van der Waals surface area contributed by atoms with Crippen LogP contribution in [0.15, 0.2) is 36.4 Å². The molecule has 2 rings (SSSR count). The number of amides is 1. The molecule has 1 aliphatic carbocycles. The Morgan fingerprint density at radius 1 is 1.29 bits per heavy atom. The molecule has 4 heteroatoms. The summed E-state index contributed by atoms with van der Waals surface area (Å²) < 4.78 is 5.22. The van der Waals surface area contributed by atoms with Gasteiger partial charge in [-0.2, -0.15) is 5.06 Å². The number of hydroxylamine groups is 2. The van der Waals surface area contributed by atoms with E-state index in [-0.39, 0.29) is 12.0 Å². The van der Waals surface area contributed by atoms with Gasteiger partial charge < -0.3 is 4.74 Å². The molecule has 0 heterocycles. The zero-order valence-corrected chi connectivity index (χ0v) is 13.0. The molecule has 0 saturated carbocycles. The van der Waals surface area contributed by atoms with Crippen LogP contribution in [0.25, 0.3) is 0 Å². The van der Waals surface area contributed by atoms with Gasteiger partial charge in [-0.05, 0) is 39.7 Å². The number of hydrogen-bond acceptors (Lipinski definition) is 3. The second kappa shape index (κ2) is 5.90. The van der Waals surface area contributed by atoms with Crippen LogP contribution in [0.2, 0.25) is 0 Å². The molecule has 21 heavy (non-hydrogen) atoms.